The fourth-order valence-corrected chi connectivity index (χ4v) is 3.76. The summed E-state index contributed by atoms with van der Waals surface area (Å²) in [5.74, 6) is 0. The van der Waals surface area contributed by atoms with Crippen LogP contribution in [0.5, 0.6) is 0 Å². The Morgan fingerprint density at radius 2 is 1.00 bits per heavy atom. The van der Waals surface area contributed by atoms with Crippen LogP contribution in [0.1, 0.15) is 13.8 Å². The third-order valence-corrected chi connectivity index (χ3v) is 5.80. The molecule has 0 aliphatic carbocycles. The number of rotatable bonds is 6. The predicted molar refractivity (Wildman–Crippen MR) is 96.4 cm³/mol. The van der Waals surface area contributed by atoms with Crippen LogP contribution in [0.25, 0.3) is 0 Å². The number of hydrogen-bond acceptors (Lipinski definition) is 6. The first-order valence-corrected chi connectivity index (χ1v) is 10.4. The van der Waals surface area contributed by atoms with Gasteiger partial charge in [0.1, 0.15) is 0 Å². The van der Waals surface area contributed by atoms with Gasteiger partial charge in [0.25, 0.3) is 0 Å². The molecule has 0 aliphatic heterocycles. The minimum absolute atomic E-state index is 0. The van der Waals surface area contributed by atoms with E-state index < -0.39 is 15.2 Å². The van der Waals surface area contributed by atoms with E-state index in [2.05, 4.69) is 9.05 Å². The zero-order valence-electron chi connectivity index (χ0n) is 14.2. The number of hydrogen-bond donors (Lipinski definition) is 0. The smallest absolute Gasteiger partial charge is 0.775 e. The molecule has 0 aliphatic rings. The molecule has 0 saturated carbocycles. The van der Waals surface area contributed by atoms with Gasteiger partial charge in [0.2, 0.25) is 0 Å². The number of benzene rings is 2. The fourth-order valence-electron chi connectivity index (χ4n) is 1.71. The summed E-state index contributed by atoms with van der Waals surface area (Å²) in [6, 6.07) is 16.3. The standard InChI is InChI=1S/2C8H11O3P.Mg/c2*1-2-11-12(9,10)8-6-4-3-5-7-8;/h2*3-7H,2H2,1H3,(H,9,10);/q;;+2/p-2. The zero-order chi connectivity index (χ0) is 18.1. The molecule has 0 radical (unpaired) electrons. The molecule has 0 amide bonds. The first-order valence-electron chi connectivity index (χ1n) is 7.36. The third-order valence-electron chi connectivity index (χ3n) is 2.74. The Bertz CT molecular complexity index is 635. The molecule has 0 bridgehead atoms. The normalized spacial score (nSPS) is 14.9. The van der Waals surface area contributed by atoms with E-state index in [1.54, 1.807) is 50.2 Å². The Morgan fingerprint density at radius 1 is 0.720 bits per heavy atom. The van der Waals surface area contributed by atoms with Crippen LogP contribution in [-0.4, -0.2) is 36.3 Å². The van der Waals surface area contributed by atoms with Gasteiger partial charge in [-0.05, 0) is 13.8 Å². The van der Waals surface area contributed by atoms with Gasteiger partial charge in [0.15, 0.2) is 15.2 Å². The summed E-state index contributed by atoms with van der Waals surface area (Å²) in [5.41, 5.74) is 0. The molecule has 2 aromatic rings. The van der Waals surface area contributed by atoms with Crippen LogP contribution in [0.4, 0.5) is 0 Å². The summed E-state index contributed by atoms with van der Waals surface area (Å²) in [4.78, 5) is 22.5. The second-order valence-electron chi connectivity index (χ2n) is 4.50. The van der Waals surface area contributed by atoms with Crippen LogP contribution in [0, 0.1) is 0 Å². The van der Waals surface area contributed by atoms with Crippen LogP contribution in [-0.2, 0) is 18.2 Å². The molecule has 2 unspecified atom stereocenters. The SMILES string of the molecule is CCOP(=O)([O-])c1ccccc1.CCOP(=O)([O-])c1ccccc1.[Mg+2]. The molecule has 0 spiro atoms. The minimum atomic E-state index is -3.79. The average Bonchev–Trinajstić information content (AvgIpc) is 2.57. The van der Waals surface area contributed by atoms with Gasteiger partial charge in [-0.25, -0.2) is 0 Å². The summed E-state index contributed by atoms with van der Waals surface area (Å²) >= 11 is 0. The maximum atomic E-state index is 11.2. The molecule has 2 atom stereocenters. The fraction of sp³-hybridized carbons (Fsp3) is 0.250. The van der Waals surface area contributed by atoms with E-state index in [1.165, 1.54) is 24.3 Å². The van der Waals surface area contributed by atoms with E-state index in [-0.39, 0.29) is 46.9 Å². The molecule has 25 heavy (non-hydrogen) atoms. The Morgan fingerprint density at radius 3 is 1.24 bits per heavy atom. The molecule has 0 aromatic heterocycles. The first-order chi connectivity index (χ1) is 11.3. The largest absolute Gasteiger partial charge is 2.00 e. The van der Waals surface area contributed by atoms with Gasteiger partial charge in [-0.1, -0.05) is 60.7 Å². The van der Waals surface area contributed by atoms with Crippen molar-refractivity contribution in [3.63, 3.8) is 0 Å². The summed E-state index contributed by atoms with van der Waals surface area (Å²) in [6.07, 6.45) is 0. The topological polar surface area (TPSA) is 98.7 Å². The summed E-state index contributed by atoms with van der Waals surface area (Å²) in [5, 5.41) is 0.457. The van der Waals surface area contributed by atoms with Crippen molar-refractivity contribution in [2.24, 2.45) is 0 Å². The monoisotopic (exact) mass is 394 g/mol. The van der Waals surface area contributed by atoms with E-state index in [4.69, 9.17) is 0 Å². The van der Waals surface area contributed by atoms with Crippen LogP contribution in [0.2, 0.25) is 0 Å². The molecule has 2 aromatic carbocycles. The second-order valence-corrected chi connectivity index (χ2v) is 8.04. The molecular formula is C16H20MgO6P2. The Balaban J connectivity index is 0.000000443. The molecule has 6 nitrogen and oxygen atoms in total. The average molecular weight is 395 g/mol. The van der Waals surface area contributed by atoms with Gasteiger partial charge >= 0.3 is 23.1 Å². The molecule has 9 heteroatoms. The van der Waals surface area contributed by atoms with Gasteiger partial charge < -0.3 is 28.0 Å². The molecule has 0 N–H and O–H groups in total. The molecule has 0 saturated heterocycles. The minimum Gasteiger partial charge on any atom is -0.775 e. The summed E-state index contributed by atoms with van der Waals surface area (Å²) in [7, 11) is -7.59. The van der Waals surface area contributed by atoms with E-state index in [0.29, 0.717) is 0 Å². The van der Waals surface area contributed by atoms with Crippen molar-refractivity contribution in [1.29, 1.82) is 0 Å². The quantitative estimate of drug-likeness (QED) is 0.543. The molecule has 0 heterocycles. The van der Waals surface area contributed by atoms with E-state index in [9.17, 15) is 18.9 Å². The second kappa shape index (κ2) is 12.0. The van der Waals surface area contributed by atoms with Crippen molar-refractivity contribution in [1.82, 2.24) is 0 Å². The zero-order valence-corrected chi connectivity index (χ0v) is 17.4. The summed E-state index contributed by atoms with van der Waals surface area (Å²) < 4.78 is 31.7. The van der Waals surface area contributed by atoms with Gasteiger partial charge in [0.05, 0.1) is 13.2 Å². The van der Waals surface area contributed by atoms with Crippen LogP contribution < -0.4 is 20.4 Å². The van der Waals surface area contributed by atoms with Crippen molar-refractivity contribution < 1.29 is 28.0 Å². The van der Waals surface area contributed by atoms with Gasteiger partial charge in [-0.15, -0.1) is 0 Å². The van der Waals surface area contributed by atoms with E-state index in [1.807, 2.05) is 0 Å². The molecular weight excluding hydrogens is 374 g/mol. The van der Waals surface area contributed by atoms with Crippen molar-refractivity contribution in [3.8, 4) is 0 Å². The molecule has 132 valence electrons. The Hall–Kier alpha value is -0.494. The van der Waals surface area contributed by atoms with E-state index in [0.717, 1.165) is 0 Å². The maximum absolute atomic E-state index is 11.2. The molecule has 2 rings (SSSR count). The molecule has 0 fully saturated rings. The van der Waals surface area contributed by atoms with Crippen molar-refractivity contribution in [3.05, 3.63) is 60.7 Å². The predicted octanol–water partition coefficient (Wildman–Crippen LogP) is 1.42. The van der Waals surface area contributed by atoms with Gasteiger partial charge in [-0.3, -0.25) is 0 Å². The Kier molecular flexibility index (Phi) is 11.8. The third kappa shape index (κ3) is 8.62. The van der Waals surface area contributed by atoms with Crippen molar-refractivity contribution in [2.75, 3.05) is 13.2 Å². The van der Waals surface area contributed by atoms with E-state index >= 15 is 0 Å². The van der Waals surface area contributed by atoms with Crippen LogP contribution >= 0.6 is 15.2 Å². The van der Waals surface area contributed by atoms with Gasteiger partial charge in [0, 0.05) is 10.6 Å². The van der Waals surface area contributed by atoms with Crippen molar-refractivity contribution >= 4 is 48.9 Å². The van der Waals surface area contributed by atoms with Gasteiger partial charge in [-0.2, -0.15) is 0 Å². The van der Waals surface area contributed by atoms with Crippen molar-refractivity contribution in [2.45, 2.75) is 13.8 Å². The maximum Gasteiger partial charge on any atom is 2.00 e. The Labute approximate surface area is 164 Å². The van der Waals surface area contributed by atoms with Crippen LogP contribution in [0.3, 0.4) is 0 Å². The first kappa shape index (κ1) is 24.5. The van der Waals surface area contributed by atoms with Crippen LogP contribution in [0.15, 0.2) is 60.7 Å². The summed E-state index contributed by atoms with van der Waals surface area (Å²) in [6.45, 7) is 3.65.